The number of carbonyl (C=O) groups excluding carboxylic acids is 2. The molecule has 2 aliphatic rings. The van der Waals surface area contributed by atoms with E-state index >= 15 is 0 Å². The highest BCUT2D eigenvalue weighted by molar-refractivity contribution is 6.23. The molecule has 162 valence electrons. The van der Waals surface area contributed by atoms with E-state index < -0.39 is 22.3 Å². The minimum Gasteiger partial charge on any atom is -0.395 e. The second kappa shape index (κ2) is 7.81. The molecule has 4 rings (SSSR count). The number of benzene rings is 1. The van der Waals surface area contributed by atoms with Crippen LogP contribution in [0.2, 0.25) is 0 Å². The van der Waals surface area contributed by atoms with Crippen LogP contribution < -0.4 is 21.5 Å². The van der Waals surface area contributed by atoms with Gasteiger partial charge in [0.25, 0.3) is 23.1 Å². The Morgan fingerprint density at radius 3 is 2.45 bits per heavy atom. The zero-order valence-corrected chi connectivity index (χ0v) is 16.4. The highest BCUT2D eigenvalue weighted by Crippen LogP contribution is 2.32. The second-order valence-electron chi connectivity index (χ2n) is 7.26. The quantitative estimate of drug-likeness (QED) is 0.318. The number of fused-ring (bicyclic) bond motifs is 1. The van der Waals surface area contributed by atoms with Crippen molar-refractivity contribution in [2.45, 2.75) is 0 Å². The average Bonchev–Trinajstić information content (AvgIpc) is 3.02. The first kappa shape index (κ1) is 20.5. The van der Waals surface area contributed by atoms with E-state index in [1.54, 1.807) is 6.07 Å². The SMILES string of the molecule is Nc1c2c(cc(=O)n1-c1ccc(N3CCN(CCO)CC3)c([N+](=O)[O-])c1)C(=O)NC2=O. The molecule has 0 aliphatic carbocycles. The van der Waals surface area contributed by atoms with E-state index in [9.17, 15) is 24.5 Å². The van der Waals surface area contributed by atoms with Crippen molar-refractivity contribution in [3.8, 4) is 5.69 Å². The van der Waals surface area contributed by atoms with Crippen molar-refractivity contribution in [1.82, 2.24) is 14.8 Å². The van der Waals surface area contributed by atoms with Crippen molar-refractivity contribution in [3.63, 3.8) is 0 Å². The van der Waals surface area contributed by atoms with Gasteiger partial charge in [-0.3, -0.25) is 39.3 Å². The normalized spacial score (nSPS) is 16.4. The van der Waals surface area contributed by atoms with E-state index in [-0.39, 0.29) is 34.9 Å². The van der Waals surface area contributed by atoms with Crippen LogP contribution >= 0.6 is 0 Å². The molecular weight excluding hydrogens is 408 g/mol. The van der Waals surface area contributed by atoms with Crippen LogP contribution in [-0.4, -0.2) is 70.6 Å². The molecule has 0 unspecified atom stereocenters. The highest BCUT2D eigenvalue weighted by Gasteiger charge is 2.32. The van der Waals surface area contributed by atoms with Gasteiger partial charge in [-0.1, -0.05) is 0 Å². The van der Waals surface area contributed by atoms with Gasteiger partial charge >= 0.3 is 0 Å². The minimum atomic E-state index is -0.724. The third-order valence-electron chi connectivity index (χ3n) is 5.50. The van der Waals surface area contributed by atoms with E-state index in [0.29, 0.717) is 38.4 Å². The second-order valence-corrected chi connectivity index (χ2v) is 7.26. The van der Waals surface area contributed by atoms with Gasteiger partial charge in [-0.05, 0) is 12.1 Å². The van der Waals surface area contributed by atoms with Crippen LogP contribution in [0, 0.1) is 10.1 Å². The number of amides is 2. The maximum atomic E-state index is 12.6. The first-order chi connectivity index (χ1) is 14.8. The van der Waals surface area contributed by atoms with Crippen LogP contribution in [0.3, 0.4) is 0 Å². The summed E-state index contributed by atoms with van der Waals surface area (Å²) in [5, 5.41) is 22.9. The Hall–Kier alpha value is -3.77. The first-order valence-corrected chi connectivity index (χ1v) is 9.60. The monoisotopic (exact) mass is 428 g/mol. The smallest absolute Gasteiger partial charge is 0.294 e. The van der Waals surface area contributed by atoms with Crippen molar-refractivity contribution in [3.05, 3.63) is 55.9 Å². The number of nitro benzene ring substituents is 1. The molecule has 3 heterocycles. The summed E-state index contributed by atoms with van der Waals surface area (Å²) in [5.41, 5.74) is 5.40. The number of hydrogen-bond donors (Lipinski definition) is 3. The van der Waals surface area contributed by atoms with Crippen LogP contribution in [0.1, 0.15) is 20.7 Å². The van der Waals surface area contributed by atoms with Gasteiger partial charge < -0.3 is 15.7 Å². The number of piperazine rings is 1. The van der Waals surface area contributed by atoms with Gasteiger partial charge in [0.2, 0.25) is 0 Å². The summed E-state index contributed by atoms with van der Waals surface area (Å²) in [5.74, 6) is -1.69. The Balaban J connectivity index is 1.74. The molecule has 1 fully saturated rings. The Morgan fingerprint density at radius 2 is 1.81 bits per heavy atom. The Kier molecular flexibility index (Phi) is 5.17. The molecule has 31 heavy (non-hydrogen) atoms. The number of nitrogens with zero attached hydrogens (tertiary/aromatic N) is 4. The molecule has 1 aromatic heterocycles. The summed E-state index contributed by atoms with van der Waals surface area (Å²) < 4.78 is 0.979. The topological polar surface area (TPSA) is 164 Å². The number of aliphatic hydroxyl groups is 1. The maximum absolute atomic E-state index is 12.6. The Bertz CT molecular complexity index is 1150. The van der Waals surface area contributed by atoms with Crippen molar-refractivity contribution in [2.75, 3.05) is 50.0 Å². The molecule has 1 aromatic carbocycles. The number of β-amino-alcohol motifs (C(OH)–C–C–N with tert-alkyl or cyclic N) is 1. The average molecular weight is 428 g/mol. The first-order valence-electron chi connectivity index (χ1n) is 9.60. The number of nitrogens with two attached hydrogens (primary N) is 1. The number of pyridine rings is 1. The van der Waals surface area contributed by atoms with E-state index in [0.717, 1.165) is 10.6 Å². The van der Waals surface area contributed by atoms with Crippen LogP contribution in [0.5, 0.6) is 0 Å². The van der Waals surface area contributed by atoms with Crippen molar-refractivity contribution >= 4 is 29.0 Å². The third-order valence-corrected chi connectivity index (χ3v) is 5.50. The molecule has 0 atom stereocenters. The predicted octanol–water partition coefficient (Wildman–Crippen LogP) is -0.674. The fraction of sp³-hybridized carbons (Fsp3) is 0.316. The zero-order valence-electron chi connectivity index (χ0n) is 16.4. The number of nitrogen functional groups attached to an aromatic ring is 1. The fourth-order valence-corrected chi connectivity index (χ4v) is 3.96. The van der Waals surface area contributed by atoms with Gasteiger partial charge in [0.1, 0.15) is 11.5 Å². The maximum Gasteiger partial charge on any atom is 0.294 e. The highest BCUT2D eigenvalue weighted by atomic mass is 16.6. The number of nitrogens with one attached hydrogen (secondary N) is 1. The molecule has 2 aliphatic heterocycles. The number of imide groups is 1. The number of nitro groups is 1. The molecule has 0 saturated carbocycles. The molecule has 12 nitrogen and oxygen atoms in total. The van der Waals surface area contributed by atoms with E-state index in [1.807, 2.05) is 4.90 Å². The minimum absolute atomic E-state index is 0.0510. The number of rotatable bonds is 5. The lowest BCUT2D eigenvalue weighted by Gasteiger charge is -2.35. The lowest BCUT2D eigenvalue weighted by Crippen LogP contribution is -2.47. The summed E-state index contributed by atoms with van der Waals surface area (Å²) in [7, 11) is 0. The van der Waals surface area contributed by atoms with Crippen LogP contribution in [0.15, 0.2) is 29.1 Å². The molecular formula is C19H20N6O6. The van der Waals surface area contributed by atoms with Crippen molar-refractivity contribution < 1.29 is 19.6 Å². The third kappa shape index (κ3) is 3.51. The summed E-state index contributed by atoms with van der Waals surface area (Å²) in [6.07, 6.45) is 0. The number of anilines is 2. The van der Waals surface area contributed by atoms with Gasteiger partial charge in [-0.25, -0.2) is 0 Å². The zero-order chi connectivity index (χ0) is 22.3. The predicted molar refractivity (Wildman–Crippen MR) is 111 cm³/mol. The van der Waals surface area contributed by atoms with Gasteiger partial charge in [-0.15, -0.1) is 0 Å². The summed E-state index contributed by atoms with van der Waals surface area (Å²) in [6.45, 7) is 2.99. The summed E-state index contributed by atoms with van der Waals surface area (Å²) in [6, 6.07) is 5.28. The summed E-state index contributed by atoms with van der Waals surface area (Å²) in [4.78, 5) is 51.6. The Labute approximate surface area is 175 Å². The number of carbonyl (C=O) groups is 2. The molecule has 0 bridgehead atoms. The van der Waals surface area contributed by atoms with E-state index in [1.165, 1.54) is 12.1 Å². The van der Waals surface area contributed by atoms with Crippen LogP contribution in [0.4, 0.5) is 17.2 Å². The lowest BCUT2D eigenvalue weighted by molar-refractivity contribution is -0.384. The van der Waals surface area contributed by atoms with Gasteiger partial charge in [0, 0.05) is 44.9 Å². The van der Waals surface area contributed by atoms with Crippen LogP contribution in [-0.2, 0) is 0 Å². The molecule has 1 saturated heterocycles. The van der Waals surface area contributed by atoms with Crippen molar-refractivity contribution in [2.24, 2.45) is 0 Å². The summed E-state index contributed by atoms with van der Waals surface area (Å²) >= 11 is 0. The molecule has 0 radical (unpaired) electrons. The van der Waals surface area contributed by atoms with Gasteiger partial charge in [-0.2, -0.15) is 0 Å². The number of aliphatic hydroxyl groups excluding tert-OH is 1. The fourth-order valence-electron chi connectivity index (χ4n) is 3.96. The van der Waals surface area contributed by atoms with Gasteiger partial charge in [0.05, 0.1) is 28.3 Å². The molecule has 4 N–H and O–H groups in total. The largest absolute Gasteiger partial charge is 0.395 e. The molecule has 12 heteroatoms. The van der Waals surface area contributed by atoms with Crippen LogP contribution in [0.25, 0.3) is 5.69 Å². The molecule has 2 aromatic rings. The van der Waals surface area contributed by atoms with Gasteiger partial charge in [0.15, 0.2) is 0 Å². The number of hydrogen-bond acceptors (Lipinski definition) is 9. The Morgan fingerprint density at radius 1 is 1.10 bits per heavy atom. The van der Waals surface area contributed by atoms with Crippen molar-refractivity contribution in [1.29, 1.82) is 0 Å². The standard InChI is InChI=1S/C19H20N6O6/c20-17-16-12(18(28)21-19(16)29)10-15(27)24(17)11-1-2-13(14(9-11)25(30)31)23-5-3-22(4-6-23)7-8-26/h1-2,9-10,26H,3-8,20H2,(H,21,28,29). The molecule has 2 amide bonds. The van der Waals surface area contributed by atoms with E-state index in [2.05, 4.69) is 10.2 Å². The molecule has 0 spiro atoms. The lowest BCUT2D eigenvalue weighted by atomic mass is 10.1. The van der Waals surface area contributed by atoms with E-state index in [4.69, 9.17) is 10.8 Å². The number of aromatic nitrogens is 1.